The van der Waals surface area contributed by atoms with Gasteiger partial charge in [0.05, 0.1) is 17.8 Å². The second-order valence-electron chi connectivity index (χ2n) is 6.65. The number of hydrogen-bond acceptors (Lipinski definition) is 4. The molecule has 0 fully saturated rings. The molecule has 0 aliphatic carbocycles. The molecular formula is C20H17FN4O3. The molecule has 0 spiro atoms. The predicted molar refractivity (Wildman–Crippen MR) is 101 cm³/mol. The Morgan fingerprint density at radius 1 is 1.14 bits per heavy atom. The summed E-state index contributed by atoms with van der Waals surface area (Å²) in [5.41, 5.74) is 2.12. The third kappa shape index (κ3) is 3.24. The van der Waals surface area contributed by atoms with Gasteiger partial charge in [-0.2, -0.15) is 0 Å². The van der Waals surface area contributed by atoms with Crippen molar-refractivity contribution < 1.29 is 14.0 Å². The lowest BCUT2D eigenvalue weighted by Crippen LogP contribution is -2.40. The molecule has 0 atom stereocenters. The van der Waals surface area contributed by atoms with E-state index >= 15 is 0 Å². The highest BCUT2D eigenvalue weighted by Gasteiger charge is 2.25. The zero-order chi connectivity index (χ0) is 19.8. The summed E-state index contributed by atoms with van der Waals surface area (Å²) >= 11 is 0. The van der Waals surface area contributed by atoms with Crippen LogP contribution in [0.25, 0.3) is 5.65 Å². The van der Waals surface area contributed by atoms with Gasteiger partial charge in [0.1, 0.15) is 11.5 Å². The van der Waals surface area contributed by atoms with E-state index in [4.69, 9.17) is 0 Å². The number of nitrogens with zero attached hydrogens (tertiary/aromatic N) is 3. The third-order valence-electron chi connectivity index (χ3n) is 4.67. The SMILES string of the molecule is CC(=O)Nc1ccc(C(=O)N2CCc3nc4ccc(F)cn4c(=O)c3C2)cc1. The van der Waals surface area contributed by atoms with Crippen molar-refractivity contribution in [1.82, 2.24) is 14.3 Å². The average molecular weight is 380 g/mol. The first-order chi connectivity index (χ1) is 13.4. The minimum Gasteiger partial charge on any atom is -0.334 e. The molecule has 2 aromatic heterocycles. The Balaban J connectivity index is 1.62. The van der Waals surface area contributed by atoms with Gasteiger partial charge in [0, 0.05) is 37.3 Å². The third-order valence-corrected chi connectivity index (χ3v) is 4.67. The summed E-state index contributed by atoms with van der Waals surface area (Å²) in [7, 11) is 0. The average Bonchev–Trinajstić information content (AvgIpc) is 2.68. The van der Waals surface area contributed by atoms with E-state index in [0.29, 0.717) is 41.1 Å². The van der Waals surface area contributed by atoms with E-state index in [-0.39, 0.29) is 23.9 Å². The second kappa shape index (κ2) is 6.88. The fourth-order valence-electron chi connectivity index (χ4n) is 3.33. The van der Waals surface area contributed by atoms with Crippen LogP contribution >= 0.6 is 0 Å². The van der Waals surface area contributed by atoms with Crippen molar-refractivity contribution in [2.45, 2.75) is 19.9 Å². The number of pyridine rings is 1. The van der Waals surface area contributed by atoms with Gasteiger partial charge in [0.2, 0.25) is 5.91 Å². The lowest BCUT2D eigenvalue weighted by atomic mass is 10.1. The Labute approximate surface area is 159 Å². The largest absolute Gasteiger partial charge is 0.334 e. The fourth-order valence-corrected chi connectivity index (χ4v) is 3.33. The van der Waals surface area contributed by atoms with Crippen molar-refractivity contribution in [2.75, 3.05) is 11.9 Å². The van der Waals surface area contributed by atoms with Crippen LogP contribution in [0.5, 0.6) is 0 Å². The number of rotatable bonds is 2. The van der Waals surface area contributed by atoms with Crippen molar-refractivity contribution in [2.24, 2.45) is 0 Å². The van der Waals surface area contributed by atoms with Crippen molar-refractivity contribution in [1.29, 1.82) is 0 Å². The maximum Gasteiger partial charge on any atom is 0.263 e. The molecule has 0 saturated heterocycles. The molecule has 7 nitrogen and oxygen atoms in total. The molecule has 0 unspecified atom stereocenters. The highest BCUT2D eigenvalue weighted by atomic mass is 19.1. The molecule has 0 saturated carbocycles. The molecule has 3 aromatic rings. The van der Waals surface area contributed by atoms with Crippen LogP contribution in [0.3, 0.4) is 0 Å². The molecule has 4 rings (SSSR count). The van der Waals surface area contributed by atoms with Gasteiger partial charge in [-0.15, -0.1) is 0 Å². The molecule has 2 amide bonds. The zero-order valence-corrected chi connectivity index (χ0v) is 15.1. The fraction of sp³-hybridized carbons (Fsp3) is 0.200. The maximum absolute atomic E-state index is 13.5. The van der Waals surface area contributed by atoms with Crippen LogP contribution < -0.4 is 10.9 Å². The predicted octanol–water partition coefficient (Wildman–Crippen LogP) is 1.99. The van der Waals surface area contributed by atoms with E-state index in [1.807, 2.05) is 0 Å². The number of nitrogens with one attached hydrogen (secondary N) is 1. The van der Waals surface area contributed by atoms with E-state index in [2.05, 4.69) is 10.3 Å². The molecule has 28 heavy (non-hydrogen) atoms. The Morgan fingerprint density at radius 2 is 1.89 bits per heavy atom. The summed E-state index contributed by atoms with van der Waals surface area (Å²) in [5.74, 6) is -0.938. The van der Waals surface area contributed by atoms with Gasteiger partial charge >= 0.3 is 0 Å². The van der Waals surface area contributed by atoms with Crippen LogP contribution in [-0.2, 0) is 17.8 Å². The zero-order valence-electron chi connectivity index (χ0n) is 15.1. The van der Waals surface area contributed by atoms with Crippen molar-refractivity contribution >= 4 is 23.1 Å². The molecule has 1 N–H and O–H groups in total. The molecule has 142 valence electrons. The van der Waals surface area contributed by atoms with Crippen LogP contribution in [0, 0.1) is 5.82 Å². The molecule has 1 aliphatic heterocycles. The van der Waals surface area contributed by atoms with Crippen molar-refractivity contribution in [3.05, 3.63) is 75.6 Å². The lowest BCUT2D eigenvalue weighted by molar-refractivity contribution is -0.114. The van der Waals surface area contributed by atoms with Gasteiger partial charge in [0.25, 0.3) is 11.5 Å². The summed E-state index contributed by atoms with van der Waals surface area (Å²) < 4.78 is 14.7. The van der Waals surface area contributed by atoms with E-state index < -0.39 is 5.82 Å². The van der Waals surface area contributed by atoms with Gasteiger partial charge < -0.3 is 10.2 Å². The number of hydrogen-bond donors (Lipinski definition) is 1. The van der Waals surface area contributed by atoms with Crippen LogP contribution in [0.15, 0.2) is 47.4 Å². The number of carbonyl (C=O) groups excluding carboxylic acids is 2. The van der Waals surface area contributed by atoms with E-state index in [9.17, 15) is 18.8 Å². The van der Waals surface area contributed by atoms with Crippen LogP contribution in [0.2, 0.25) is 0 Å². The highest BCUT2D eigenvalue weighted by molar-refractivity contribution is 5.95. The Morgan fingerprint density at radius 3 is 2.61 bits per heavy atom. The first kappa shape index (κ1) is 17.8. The first-order valence-corrected chi connectivity index (χ1v) is 8.79. The summed E-state index contributed by atoms with van der Waals surface area (Å²) in [6, 6.07) is 9.29. The Bertz CT molecular complexity index is 1150. The number of fused-ring (bicyclic) bond motifs is 2. The van der Waals surface area contributed by atoms with E-state index in [1.165, 1.54) is 23.5 Å². The molecule has 0 bridgehead atoms. The number of halogens is 1. The number of anilines is 1. The van der Waals surface area contributed by atoms with Gasteiger partial charge in [-0.25, -0.2) is 9.37 Å². The van der Waals surface area contributed by atoms with Crippen molar-refractivity contribution in [3.63, 3.8) is 0 Å². The normalized spacial score (nSPS) is 13.3. The molecule has 1 aliphatic rings. The molecule has 3 heterocycles. The first-order valence-electron chi connectivity index (χ1n) is 8.79. The molecule has 0 radical (unpaired) electrons. The Hall–Kier alpha value is -3.55. The number of aromatic nitrogens is 2. The summed E-state index contributed by atoms with van der Waals surface area (Å²) in [6.45, 7) is 1.96. The lowest BCUT2D eigenvalue weighted by Gasteiger charge is -2.28. The number of amides is 2. The van der Waals surface area contributed by atoms with Gasteiger partial charge in [0.15, 0.2) is 0 Å². The number of benzene rings is 1. The summed E-state index contributed by atoms with van der Waals surface area (Å²) in [5, 5.41) is 2.65. The monoisotopic (exact) mass is 380 g/mol. The molecule has 1 aromatic carbocycles. The molecular weight excluding hydrogens is 363 g/mol. The molecule has 8 heteroatoms. The summed E-state index contributed by atoms with van der Waals surface area (Å²) in [6.07, 6.45) is 1.56. The van der Waals surface area contributed by atoms with Gasteiger partial charge in [-0.3, -0.25) is 18.8 Å². The van der Waals surface area contributed by atoms with Crippen LogP contribution in [-0.4, -0.2) is 32.6 Å². The number of carbonyl (C=O) groups is 2. The Kier molecular flexibility index (Phi) is 4.38. The van der Waals surface area contributed by atoms with Crippen molar-refractivity contribution in [3.8, 4) is 0 Å². The van der Waals surface area contributed by atoms with Crippen LogP contribution in [0.1, 0.15) is 28.5 Å². The summed E-state index contributed by atoms with van der Waals surface area (Å²) in [4.78, 5) is 42.7. The quantitative estimate of drug-likeness (QED) is 0.737. The smallest absolute Gasteiger partial charge is 0.263 e. The minimum absolute atomic E-state index is 0.118. The van der Waals surface area contributed by atoms with Gasteiger partial charge in [-0.1, -0.05) is 0 Å². The minimum atomic E-state index is -0.528. The van der Waals surface area contributed by atoms with E-state index in [0.717, 1.165) is 6.20 Å². The van der Waals surface area contributed by atoms with Gasteiger partial charge in [-0.05, 0) is 36.4 Å². The topological polar surface area (TPSA) is 83.8 Å². The van der Waals surface area contributed by atoms with Crippen LogP contribution in [0.4, 0.5) is 10.1 Å². The standard InChI is InChI=1S/C20H17FN4O3/c1-12(26)22-15-5-2-13(3-6-15)19(27)24-9-8-17-16(11-24)20(28)25-10-14(21)4-7-18(25)23-17/h2-7,10H,8-9,11H2,1H3,(H,22,26). The second-order valence-corrected chi connectivity index (χ2v) is 6.65. The maximum atomic E-state index is 13.5. The highest BCUT2D eigenvalue weighted by Crippen LogP contribution is 2.19. The van der Waals surface area contributed by atoms with E-state index in [1.54, 1.807) is 29.2 Å².